The number of hydrogen-bond donors (Lipinski definition) is 2. The SMILES string of the molecule is CC(=O)[C@@H]1CC(C(=O)Nc2ccc(C(N)=O)c(Cl)c2)=NN1c1ccccc1. The molecule has 3 rings (SSSR count). The number of primary amides is 1. The van der Waals surface area contributed by atoms with Crippen LogP contribution >= 0.6 is 11.6 Å². The lowest BCUT2D eigenvalue weighted by molar-refractivity contribution is -0.118. The summed E-state index contributed by atoms with van der Waals surface area (Å²) in [5.41, 5.74) is 6.74. The highest BCUT2D eigenvalue weighted by Gasteiger charge is 2.34. The number of amides is 2. The lowest BCUT2D eigenvalue weighted by atomic mass is 10.1. The molecule has 0 radical (unpaired) electrons. The minimum Gasteiger partial charge on any atom is -0.366 e. The number of halogens is 1. The molecule has 7 nitrogen and oxygen atoms in total. The van der Waals surface area contributed by atoms with Gasteiger partial charge in [-0.15, -0.1) is 0 Å². The molecule has 0 aromatic heterocycles. The van der Waals surface area contributed by atoms with Crippen molar-refractivity contribution in [2.45, 2.75) is 19.4 Å². The zero-order valence-electron chi connectivity index (χ0n) is 14.5. The lowest BCUT2D eigenvalue weighted by Crippen LogP contribution is -2.33. The first-order chi connectivity index (χ1) is 12.9. The first-order valence-corrected chi connectivity index (χ1v) is 8.57. The normalized spacial score (nSPS) is 16.0. The molecule has 2 aromatic rings. The number of anilines is 2. The van der Waals surface area contributed by atoms with Crippen molar-refractivity contribution in [3.8, 4) is 0 Å². The molecule has 2 amide bonds. The Labute approximate surface area is 160 Å². The lowest BCUT2D eigenvalue weighted by Gasteiger charge is -2.20. The van der Waals surface area contributed by atoms with Gasteiger partial charge in [0.15, 0.2) is 5.78 Å². The molecule has 138 valence electrons. The van der Waals surface area contributed by atoms with E-state index in [0.29, 0.717) is 5.69 Å². The van der Waals surface area contributed by atoms with Crippen molar-refractivity contribution in [1.82, 2.24) is 0 Å². The van der Waals surface area contributed by atoms with Gasteiger partial charge in [0.1, 0.15) is 11.8 Å². The van der Waals surface area contributed by atoms with Crippen LogP contribution in [0.4, 0.5) is 11.4 Å². The van der Waals surface area contributed by atoms with Crippen molar-refractivity contribution in [2.75, 3.05) is 10.3 Å². The largest absolute Gasteiger partial charge is 0.366 e. The second-order valence-corrected chi connectivity index (χ2v) is 6.48. The number of nitrogens with one attached hydrogen (secondary N) is 1. The van der Waals surface area contributed by atoms with Crippen LogP contribution in [0.15, 0.2) is 53.6 Å². The number of ketones is 1. The molecular formula is C19H17ClN4O3. The van der Waals surface area contributed by atoms with Gasteiger partial charge in [-0.2, -0.15) is 5.10 Å². The molecule has 0 bridgehead atoms. The van der Waals surface area contributed by atoms with Crippen LogP contribution in [-0.4, -0.2) is 29.4 Å². The Morgan fingerprint density at radius 2 is 1.89 bits per heavy atom. The number of nitrogens with zero attached hydrogens (tertiary/aromatic N) is 2. The van der Waals surface area contributed by atoms with Crippen LogP contribution < -0.4 is 16.1 Å². The monoisotopic (exact) mass is 384 g/mol. The van der Waals surface area contributed by atoms with Crippen LogP contribution in [0.3, 0.4) is 0 Å². The molecule has 1 atom stereocenters. The Morgan fingerprint density at radius 3 is 2.48 bits per heavy atom. The van der Waals surface area contributed by atoms with E-state index in [1.54, 1.807) is 5.01 Å². The number of Topliss-reactive ketones (excluding diaryl/α,β-unsaturated/α-hetero) is 1. The Morgan fingerprint density at radius 1 is 1.19 bits per heavy atom. The maximum Gasteiger partial charge on any atom is 0.271 e. The average Bonchev–Trinajstić information content (AvgIpc) is 3.08. The number of carbonyl (C=O) groups is 3. The Kier molecular flexibility index (Phi) is 5.23. The predicted molar refractivity (Wildman–Crippen MR) is 104 cm³/mol. The number of carbonyl (C=O) groups excluding carboxylic acids is 3. The van der Waals surface area contributed by atoms with E-state index >= 15 is 0 Å². The van der Waals surface area contributed by atoms with E-state index in [4.69, 9.17) is 17.3 Å². The Hall–Kier alpha value is -3.19. The molecular weight excluding hydrogens is 368 g/mol. The number of hydrogen-bond acceptors (Lipinski definition) is 5. The first kappa shape index (κ1) is 18.6. The number of hydrazone groups is 1. The highest BCUT2D eigenvalue weighted by molar-refractivity contribution is 6.44. The molecule has 0 saturated carbocycles. The van der Waals surface area contributed by atoms with Gasteiger partial charge in [-0.25, -0.2) is 0 Å². The van der Waals surface area contributed by atoms with Crippen LogP contribution in [0.5, 0.6) is 0 Å². The quantitative estimate of drug-likeness (QED) is 0.826. The van der Waals surface area contributed by atoms with Gasteiger partial charge in [0, 0.05) is 12.1 Å². The molecule has 0 fully saturated rings. The second kappa shape index (κ2) is 7.59. The molecule has 0 spiro atoms. The van der Waals surface area contributed by atoms with Crippen LogP contribution in [0.25, 0.3) is 0 Å². The van der Waals surface area contributed by atoms with E-state index in [1.165, 1.54) is 25.1 Å². The maximum atomic E-state index is 12.6. The van der Waals surface area contributed by atoms with Gasteiger partial charge in [0.25, 0.3) is 5.91 Å². The van der Waals surface area contributed by atoms with Crippen LogP contribution in [0.1, 0.15) is 23.7 Å². The van der Waals surface area contributed by atoms with Crippen molar-refractivity contribution < 1.29 is 14.4 Å². The van der Waals surface area contributed by atoms with Crippen molar-refractivity contribution in [1.29, 1.82) is 0 Å². The predicted octanol–water partition coefficient (Wildman–Crippen LogP) is 2.60. The molecule has 0 saturated heterocycles. The van der Waals surface area contributed by atoms with Crippen molar-refractivity contribution >= 4 is 46.3 Å². The van der Waals surface area contributed by atoms with E-state index in [-0.39, 0.29) is 28.5 Å². The minimum absolute atomic E-state index is 0.0840. The summed E-state index contributed by atoms with van der Waals surface area (Å²) in [5, 5.41) is 8.71. The van der Waals surface area contributed by atoms with E-state index in [9.17, 15) is 14.4 Å². The van der Waals surface area contributed by atoms with E-state index < -0.39 is 17.9 Å². The summed E-state index contributed by atoms with van der Waals surface area (Å²) in [5.74, 6) is -1.18. The fraction of sp³-hybridized carbons (Fsp3) is 0.158. The summed E-state index contributed by atoms with van der Waals surface area (Å²) in [7, 11) is 0. The number of nitrogens with two attached hydrogens (primary N) is 1. The van der Waals surface area contributed by atoms with Crippen molar-refractivity contribution in [2.24, 2.45) is 10.8 Å². The Bertz CT molecular complexity index is 943. The summed E-state index contributed by atoms with van der Waals surface area (Å²) in [4.78, 5) is 35.8. The molecule has 1 aliphatic rings. The minimum atomic E-state index is -0.652. The molecule has 0 aliphatic carbocycles. The second-order valence-electron chi connectivity index (χ2n) is 6.07. The topological polar surface area (TPSA) is 105 Å². The highest BCUT2D eigenvalue weighted by atomic mass is 35.5. The summed E-state index contributed by atoms with van der Waals surface area (Å²) in [6.07, 6.45) is 0.198. The van der Waals surface area contributed by atoms with Gasteiger partial charge in [0.05, 0.1) is 16.3 Å². The third-order valence-electron chi connectivity index (χ3n) is 4.15. The molecule has 8 heteroatoms. The number of benzene rings is 2. The zero-order valence-corrected chi connectivity index (χ0v) is 15.2. The summed E-state index contributed by atoms with van der Waals surface area (Å²) >= 11 is 6.00. The molecule has 2 aromatic carbocycles. The van der Waals surface area contributed by atoms with Gasteiger partial charge in [-0.3, -0.25) is 19.4 Å². The van der Waals surface area contributed by atoms with Crippen molar-refractivity contribution in [3.63, 3.8) is 0 Å². The number of para-hydroxylation sites is 1. The Balaban J connectivity index is 1.81. The fourth-order valence-electron chi connectivity index (χ4n) is 2.78. The van der Waals surface area contributed by atoms with Crippen molar-refractivity contribution in [3.05, 3.63) is 59.1 Å². The van der Waals surface area contributed by atoms with E-state index in [2.05, 4.69) is 10.4 Å². The zero-order chi connectivity index (χ0) is 19.6. The summed E-state index contributed by atoms with van der Waals surface area (Å²) in [6.45, 7) is 1.47. The summed E-state index contributed by atoms with van der Waals surface area (Å²) < 4.78 is 0. The van der Waals surface area contributed by atoms with E-state index in [0.717, 1.165) is 5.69 Å². The standard InChI is InChI=1S/C19H17ClN4O3/c1-11(25)17-10-16(23-24(17)13-5-3-2-4-6-13)19(27)22-12-7-8-14(18(21)26)15(20)9-12/h2-9,17H,10H2,1H3,(H2,21,26)(H,22,27)/t17-/m0/s1. The first-order valence-electron chi connectivity index (χ1n) is 8.19. The van der Waals surface area contributed by atoms with Crippen LogP contribution in [-0.2, 0) is 9.59 Å². The maximum absolute atomic E-state index is 12.6. The molecule has 0 unspecified atom stereocenters. The highest BCUT2D eigenvalue weighted by Crippen LogP contribution is 2.26. The number of rotatable bonds is 5. The van der Waals surface area contributed by atoms with Crippen LogP contribution in [0.2, 0.25) is 5.02 Å². The van der Waals surface area contributed by atoms with Gasteiger partial charge in [-0.05, 0) is 37.3 Å². The average molecular weight is 385 g/mol. The van der Waals surface area contributed by atoms with Gasteiger partial charge < -0.3 is 11.1 Å². The molecule has 1 heterocycles. The third-order valence-corrected chi connectivity index (χ3v) is 4.47. The van der Waals surface area contributed by atoms with Gasteiger partial charge in [-0.1, -0.05) is 29.8 Å². The van der Waals surface area contributed by atoms with Crippen LogP contribution in [0, 0.1) is 0 Å². The van der Waals surface area contributed by atoms with Gasteiger partial charge in [0.2, 0.25) is 5.91 Å². The third kappa shape index (κ3) is 3.98. The molecule has 3 N–H and O–H groups in total. The molecule has 27 heavy (non-hydrogen) atoms. The smallest absolute Gasteiger partial charge is 0.271 e. The fourth-order valence-corrected chi connectivity index (χ4v) is 3.05. The molecule has 1 aliphatic heterocycles. The van der Waals surface area contributed by atoms with Gasteiger partial charge >= 0.3 is 0 Å². The summed E-state index contributed by atoms with van der Waals surface area (Å²) in [6, 6.07) is 13.0. The van der Waals surface area contributed by atoms with E-state index in [1.807, 2.05) is 30.3 Å².